The van der Waals surface area contributed by atoms with E-state index >= 15 is 0 Å². The molecule has 0 amide bonds. The van der Waals surface area contributed by atoms with E-state index in [0.29, 0.717) is 6.54 Å². The van der Waals surface area contributed by atoms with Gasteiger partial charge < -0.3 is 15.9 Å². The molecule has 0 aliphatic rings. The number of halogens is 1. The normalized spacial score (nSPS) is 12.8. The van der Waals surface area contributed by atoms with Crippen molar-refractivity contribution in [2.45, 2.75) is 25.7 Å². The summed E-state index contributed by atoms with van der Waals surface area (Å²) >= 11 is 0. The summed E-state index contributed by atoms with van der Waals surface area (Å²) in [6.07, 6.45) is 0. The van der Waals surface area contributed by atoms with Gasteiger partial charge in [0.05, 0.1) is 0 Å². The highest BCUT2D eigenvalue weighted by molar-refractivity contribution is 6.70. The van der Waals surface area contributed by atoms with Gasteiger partial charge in [0.25, 0.3) is 0 Å². The summed E-state index contributed by atoms with van der Waals surface area (Å²) in [7, 11) is -1.51. The van der Waals surface area contributed by atoms with Crippen molar-refractivity contribution in [2.75, 3.05) is 6.54 Å². The van der Waals surface area contributed by atoms with Gasteiger partial charge in [-0.3, -0.25) is 0 Å². The van der Waals surface area contributed by atoms with Gasteiger partial charge in [0.15, 0.2) is 0 Å². The van der Waals surface area contributed by atoms with Crippen molar-refractivity contribution >= 4 is 20.7 Å². The first-order valence-corrected chi connectivity index (χ1v) is 8.58. The molecule has 1 aromatic rings. The standard InChI is InChI=1S/C11H20N2OSi.ClH/c1-15(2,3)14-10-6-4-9(5-7-10)11(13)8-12;/h4-7,11H,8,12-13H2,1-3H3;1H/t11-;/m1./s1. The smallest absolute Gasteiger partial charge is 0.242 e. The van der Waals surface area contributed by atoms with E-state index in [9.17, 15) is 0 Å². The molecule has 0 bridgehead atoms. The SMILES string of the molecule is C[Si](C)(C)Oc1ccc([C@H](N)CN)cc1.Cl. The molecule has 4 N–H and O–H groups in total. The van der Waals surface area contributed by atoms with Crippen LogP contribution in [0.5, 0.6) is 5.75 Å². The Kier molecular flexibility index (Phi) is 6.03. The third kappa shape index (κ3) is 4.98. The Morgan fingerprint density at radius 2 is 1.69 bits per heavy atom. The lowest BCUT2D eigenvalue weighted by molar-refractivity contribution is 0.557. The molecule has 0 spiro atoms. The number of nitrogens with two attached hydrogens (primary N) is 2. The van der Waals surface area contributed by atoms with Crippen LogP contribution in [0.4, 0.5) is 0 Å². The highest BCUT2D eigenvalue weighted by Gasteiger charge is 2.16. The van der Waals surface area contributed by atoms with Crippen molar-refractivity contribution in [3.05, 3.63) is 29.8 Å². The second-order valence-corrected chi connectivity index (χ2v) is 9.05. The molecule has 0 aromatic heterocycles. The number of hydrogen-bond acceptors (Lipinski definition) is 3. The molecule has 1 aromatic carbocycles. The van der Waals surface area contributed by atoms with Crippen LogP contribution in [0.25, 0.3) is 0 Å². The molecular weight excluding hydrogens is 240 g/mol. The molecule has 1 rings (SSSR count). The lowest BCUT2D eigenvalue weighted by Crippen LogP contribution is -2.29. The average Bonchev–Trinajstić information content (AvgIpc) is 2.15. The molecule has 0 heterocycles. The van der Waals surface area contributed by atoms with Gasteiger partial charge in [-0.05, 0) is 37.3 Å². The Labute approximate surface area is 105 Å². The van der Waals surface area contributed by atoms with Crippen LogP contribution in [-0.2, 0) is 0 Å². The summed E-state index contributed by atoms with van der Waals surface area (Å²) in [4.78, 5) is 0. The zero-order valence-electron chi connectivity index (χ0n) is 10.1. The van der Waals surface area contributed by atoms with Crippen LogP contribution in [0.15, 0.2) is 24.3 Å². The minimum atomic E-state index is -1.51. The maximum atomic E-state index is 5.84. The lowest BCUT2D eigenvalue weighted by Gasteiger charge is -2.19. The minimum Gasteiger partial charge on any atom is -0.544 e. The van der Waals surface area contributed by atoms with Crippen LogP contribution < -0.4 is 15.9 Å². The van der Waals surface area contributed by atoms with E-state index in [1.165, 1.54) is 0 Å². The number of hydrogen-bond donors (Lipinski definition) is 2. The first-order chi connectivity index (χ1) is 6.92. The van der Waals surface area contributed by atoms with Crippen LogP contribution in [0.3, 0.4) is 0 Å². The molecule has 0 fully saturated rings. The van der Waals surface area contributed by atoms with Crippen molar-refractivity contribution in [1.29, 1.82) is 0 Å². The molecular formula is C11H21ClN2OSi. The Balaban J connectivity index is 0.00000225. The van der Waals surface area contributed by atoms with Gasteiger partial charge in [-0.15, -0.1) is 12.4 Å². The molecule has 0 saturated heterocycles. The number of benzene rings is 1. The minimum absolute atomic E-state index is 0. The maximum Gasteiger partial charge on any atom is 0.242 e. The van der Waals surface area contributed by atoms with E-state index in [1.807, 2.05) is 24.3 Å². The zero-order valence-corrected chi connectivity index (χ0v) is 11.9. The van der Waals surface area contributed by atoms with Crippen molar-refractivity contribution in [3.8, 4) is 5.75 Å². The maximum absolute atomic E-state index is 5.84. The molecule has 0 aliphatic carbocycles. The van der Waals surface area contributed by atoms with Crippen molar-refractivity contribution < 1.29 is 4.43 Å². The Hall–Kier alpha value is -0.553. The Morgan fingerprint density at radius 3 is 2.06 bits per heavy atom. The molecule has 5 heteroatoms. The van der Waals surface area contributed by atoms with E-state index in [4.69, 9.17) is 15.9 Å². The van der Waals surface area contributed by atoms with Gasteiger partial charge in [-0.25, -0.2) is 0 Å². The Morgan fingerprint density at radius 1 is 1.19 bits per heavy atom. The molecule has 0 unspecified atom stereocenters. The molecule has 0 radical (unpaired) electrons. The van der Waals surface area contributed by atoms with Crippen LogP contribution in [0.2, 0.25) is 19.6 Å². The molecule has 0 saturated carbocycles. The second-order valence-electron chi connectivity index (χ2n) is 4.63. The largest absolute Gasteiger partial charge is 0.544 e. The monoisotopic (exact) mass is 260 g/mol. The second kappa shape index (κ2) is 6.25. The summed E-state index contributed by atoms with van der Waals surface area (Å²) in [6, 6.07) is 7.80. The molecule has 3 nitrogen and oxygen atoms in total. The third-order valence-corrected chi connectivity index (χ3v) is 2.83. The van der Waals surface area contributed by atoms with Crippen molar-refractivity contribution in [1.82, 2.24) is 0 Å². The predicted octanol–water partition coefficient (Wildman–Crippen LogP) is 2.28. The zero-order chi connectivity index (χ0) is 11.5. The average molecular weight is 261 g/mol. The fourth-order valence-electron chi connectivity index (χ4n) is 1.27. The van der Waals surface area contributed by atoms with Gasteiger partial charge in [0, 0.05) is 12.6 Å². The Bertz CT molecular complexity index is 311. The quantitative estimate of drug-likeness (QED) is 0.817. The summed E-state index contributed by atoms with van der Waals surface area (Å²) in [5, 5.41) is 0. The van der Waals surface area contributed by atoms with Crippen LogP contribution in [-0.4, -0.2) is 14.9 Å². The van der Waals surface area contributed by atoms with Gasteiger partial charge in [-0.2, -0.15) is 0 Å². The molecule has 0 aliphatic heterocycles. The summed E-state index contributed by atoms with van der Waals surface area (Å²) in [6.45, 7) is 6.94. The summed E-state index contributed by atoms with van der Waals surface area (Å²) in [5.74, 6) is 0.919. The highest BCUT2D eigenvalue weighted by Crippen LogP contribution is 2.18. The molecule has 16 heavy (non-hydrogen) atoms. The van der Waals surface area contributed by atoms with E-state index in [-0.39, 0.29) is 18.4 Å². The van der Waals surface area contributed by atoms with E-state index in [0.717, 1.165) is 11.3 Å². The van der Waals surface area contributed by atoms with E-state index < -0.39 is 8.32 Å². The fourth-order valence-corrected chi connectivity index (χ4v) is 2.12. The van der Waals surface area contributed by atoms with Gasteiger partial charge in [0.2, 0.25) is 8.32 Å². The van der Waals surface area contributed by atoms with E-state index in [1.54, 1.807) is 0 Å². The third-order valence-electron chi connectivity index (χ3n) is 1.99. The lowest BCUT2D eigenvalue weighted by atomic mass is 10.1. The first kappa shape index (κ1) is 15.4. The van der Waals surface area contributed by atoms with Crippen LogP contribution in [0, 0.1) is 0 Å². The van der Waals surface area contributed by atoms with Crippen LogP contribution in [0.1, 0.15) is 11.6 Å². The number of rotatable bonds is 4. The molecule has 92 valence electrons. The summed E-state index contributed by atoms with van der Waals surface area (Å²) < 4.78 is 5.84. The topological polar surface area (TPSA) is 61.3 Å². The predicted molar refractivity (Wildman–Crippen MR) is 73.6 cm³/mol. The van der Waals surface area contributed by atoms with Crippen LogP contribution >= 0.6 is 12.4 Å². The first-order valence-electron chi connectivity index (χ1n) is 5.17. The van der Waals surface area contributed by atoms with Gasteiger partial charge in [-0.1, -0.05) is 12.1 Å². The van der Waals surface area contributed by atoms with Crippen molar-refractivity contribution in [2.24, 2.45) is 11.5 Å². The summed E-state index contributed by atoms with van der Waals surface area (Å²) in [5.41, 5.74) is 12.4. The fraction of sp³-hybridized carbons (Fsp3) is 0.455. The van der Waals surface area contributed by atoms with E-state index in [2.05, 4.69) is 19.6 Å². The van der Waals surface area contributed by atoms with Gasteiger partial charge in [0.1, 0.15) is 5.75 Å². The highest BCUT2D eigenvalue weighted by atomic mass is 35.5. The van der Waals surface area contributed by atoms with Gasteiger partial charge >= 0.3 is 0 Å². The molecule has 1 atom stereocenters. The van der Waals surface area contributed by atoms with Crippen molar-refractivity contribution in [3.63, 3.8) is 0 Å².